The Hall–Kier alpha value is -3.85. The predicted molar refractivity (Wildman–Crippen MR) is 122 cm³/mol. The van der Waals surface area contributed by atoms with Crippen molar-refractivity contribution in [1.82, 2.24) is 0 Å². The maximum absolute atomic E-state index is 12.8. The van der Waals surface area contributed by atoms with Crippen molar-refractivity contribution in [3.8, 4) is 11.5 Å². The first kappa shape index (κ1) is 21.4. The highest BCUT2D eigenvalue weighted by atomic mass is 32.2. The minimum Gasteiger partial charge on any atom is -0.454 e. The average molecular weight is 452 g/mol. The summed E-state index contributed by atoms with van der Waals surface area (Å²) in [5.74, 6) is 0.0584. The maximum Gasteiger partial charge on any atom is 0.261 e. The number of hydrogen-bond donors (Lipinski definition) is 3. The molecule has 32 heavy (non-hydrogen) atoms. The van der Waals surface area contributed by atoms with Gasteiger partial charge < -0.3 is 15.4 Å². The van der Waals surface area contributed by atoms with Gasteiger partial charge in [-0.2, -0.15) is 0 Å². The van der Waals surface area contributed by atoms with E-state index in [-0.39, 0.29) is 28.0 Å². The number of nitrogens with one attached hydrogen (secondary N) is 3. The van der Waals surface area contributed by atoms with Gasteiger partial charge in [-0.1, -0.05) is 26.0 Å². The lowest BCUT2D eigenvalue weighted by molar-refractivity contribution is -0.118. The molecule has 8 nitrogen and oxygen atoms in total. The lowest BCUT2D eigenvalue weighted by atomic mass is 10.1. The number of fused-ring (bicyclic) bond motifs is 2. The van der Waals surface area contributed by atoms with Crippen LogP contribution in [0.15, 0.2) is 71.6 Å². The van der Waals surface area contributed by atoms with Crippen LogP contribution in [0.3, 0.4) is 0 Å². The van der Waals surface area contributed by atoms with Crippen LogP contribution in [0.1, 0.15) is 24.2 Å². The number of carbonyl (C=O) groups excluding carboxylic acids is 2. The van der Waals surface area contributed by atoms with Gasteiger partial charge in [-0.25, -0.2) is 8.42 Å². The molecule has 0 radical (unpaired) electrons. The molecule has 2 amide bonds. The van der Waals surface area contributed by atoms with Crippen molar-refractivity contribution >= 4 is 38.9 Å². The third kappa shape index (κ3) is 4.42. The van der Waals surface area contributed by atoms with Crippen LogP contribution in [0.5, 0.6) is 11.5 Å². The monoisotopic (exact) mass is 451 g/mol. The molecular weight excluding hydrogens is 430 g/mol. The number of sulfonamides is 1. The molecule has 1 heterocycles. The van der Waals surface area contributed by atoms with Gasteiger partial charge in [0.25, 0.3) is 15.9 Å². The van der Waals surface area contributed by atoms with Gasteiger partial charge in [-0.3, -0.25) is 14.3 Å². The molecule has 0 bridgehead atoms. The van der Waals surface area contributed by atoms with E-state index in [1.54, 1.807) is 44.2 Å². The highest BCUT2D eigenvalue weighted by molar-refractivity contribution is 7.92. The molecule has 3 aromatic carbocycles. The lowest BCUT2D eigenvalue weighted by Crippen LogP contribution is -2.18. The molecule has 9 heteroatoms. The standard InChI is InChI=1S/C23H21N3O5S/c1-14(2)22(27)24-15-7-10-17(11-8-15)32(29,30)26-16-9-12-20-18(13-16)23(28)25-19-5-3-4-6-21(19)31-20/h3-14,26H,1-2H3,(H,24,27)(H,25,28). The summed E-state index contributed by atoms with van der Waals surface area (Å²) in [4.78, 5) is 24.4. The maximum atomic E-state index is 12.8. The molecule has 0 unspecified atom stereocenters. The fourth-order valence-electron chi connectivity index (χ4n) is 3.05. The third-order valence-electron chi connectivity index (χ3n) is 4.79. The molecule has 0 saturated carbocycles. The molecule has 4 rings (SSSR count). The van der Waals surface area contributed by atoms with Crippen molar-refractivity contribution in [1.29, 1.82) is 0 Å². The Morgan fingerprint density at radius 3 is 2.34 bits per heavy atom. The Labute approximate surface area is 185 Å². The number of anilines is 3. The number of ether oxygens (including phenoxy) is 1. The van der Waals surface area contributed by atoms with Crippen LogP contribution in [0.2, 0.25) is 0 Å². The first-order valence-electron chi connectivity index (χ1n) is 9.89. The van der Waals surface area contributed by atoms with E-state index in [0.29, 0.717) is 22.9 Å². The third-order valence-corrected chi connectivity index (χ3v) is 6.19. The van der Waals surface area contributed by atoms with E-state index in [4.69, 9.17) is 4.74 Å². The number of amides is 2. The van der Waals surface area contributed by atoms with Crippen LogP contribution in [0, 0.1) is 5.92 Å². The minimum absolute atomic E-state index is 0.0168. The van der Waals surface area contributed by atoms with Gasteiger partial charge in [0, 0.05) is 17.3 Å². The first-order valence-corrected chi connectivity index (χ1v) is 11.4. The van der Waals surface area contributed by atoms with Crippen molar-refractivity contribution in [3.05, 3.63) is 72.3 Å². The SMILES string of the molecule is CC(C)C(=O)Nc1ccc(S(=O)(=O)Nc2ccc3c(c2)C(=O)Nc2ccccc2O3)cc1. The summed E-state index contributed by atoms with van der Waals surface area (Å²) in [5, 5.41) is 5.46. The van der Waals surface area contributed by atoms with Gasteiger partial charge in [0.2, 0.25) is 5.91 Å². The second-order valence-corrected chi connectivity index (χ2v) is 9.22. The minimum atomic E-state index is -3.92. The molecule has 0 aliphatic carbocycles. The van der Waals surface area contributed by atoms with Crippen LogP contribution >= 0.6 is 0 Å². The Bertz CT molecular complexity index is 1300. The second-order valence-electron chi connectivity index (χ2n) is 7.54. The normalized spacial score (nSPS) is 12.7. The van der Waals surface area contributed by atoms with E-state index in [1.807, 2.05) is 0 Å². The van der Waals surface area contributed by atoms with Crippen LogP contribution in [-0.2, 0) is 14.8 Å². The van der Waals surface area contributed by atoms with Gasteiger partial charge >= 0.3 is 0 Å². The Balaban J connectivity index is 1.55. The first-order chi connectivity index (χ1) is 15.2. The number of benzene rings is 3. The Morgan fingerprint density at radius 1 is 0.938 bits per heavy atom. The van der Waals surface area contributed by atoms with E-state index in [9.17, 15) is 18.0 Å². The van der Waals surface area contributed by atoms with Crippen molar-refractivity contribution in [3.63, 3.8) is 0 Å². The van der Waals surface area contributed by atoms with Crippen molar-refractivity contribution < 1.29 is 22.7 Å². The molecule has 164 valence electrons. The molecule has 0 aromatic heterocycles. The summed E-state index contributed by atoms with van der Waals surface area (Å²) in [5.41, 5.74) is 1.44. The predicted octanol–water partition coefficient (Wildman–Crippen LogP) is 4.44. The fourth-order valence-corrected chi connectivity index (χ4v) is 4.09. The highest BCUT2D eigenvalue weighted by Gasteiger charge is 2.22. The Morgan fingerprint density at radius 2 is 1.62 bits per heavy atom. The van der Waals surface area contributed by atoms with Crippen molar-refractivity contribution in [2.24, 2.45) is 5.92 Å². The van der Waals surface area contributed by atoms with Crippen LogP contribution < -0.4 is 20.1 Å². The number of carbonyl (C=O) groups is 2. The molecule has 1 aliphatic rings. The second kappa shape index (κ2) is 8.35. The van der Waals surface area contributed by atoms with Gasteiger partial charge in [0.1, 0.15) is 5.75 Å². The van der Waals surface area contributed by atoms with Crippen molar-refractivity contribution in [2.75, 3.05) is 15.4 Å². The summed E-state index contributed by atoms with van der Waals surface area (Å²) in [7, 11) is -3.92. The molecular formula is C23H21N3O5S. The zero-order chi connectivity index (χ0) is 22.9. The van der Waals surface area contributed by atoms with E-state index < -0.39 is 15.9 Å². The zero-order valence-corrected chi connectivity index (χ0v) is 18.2. The molecule has 0 fully saturated rings. The lowest BCUT2D eigenvalue weighted by Gasteiger charge is -2.12. The van der Waals surface area contributed by atoms with Crippen molar-refractivity contribution in [2.45, 2.75) is 18.7 Å². The Kier molecular flexibility index (Phi) is 5.58. The van der Waals surface area contributed by atoms with Gasteiger partial charge in [0.15, 0.2) is 5.75 Å². The molecule has 0 saturated heterocycles. The summed E-state index contributed by atoms with van der Waals surface area (Å²) >= 11 is 0. The summed E-state index contributed by atoms with van der Waals surface area (Å²) in [6.45, 7) is 3.53. The summed E-state index contributed by atoms with van der Waals surface area (Å²) in [6.07, 6.45) is 0. The van der Waals surface area contributed by atoms with Crippen LogP contribution in [0.4, 0.5) is 17.1 Å². The number of hydrogen-bond acceptors (Lipinski definition) is 5. The van der Waals surface area contributed by atoms with E-state index in [2.05, 4.69) is 15.4 Å². The molecule has 0 atom stereocenters. The molecule has 0 spiro atoms. The van der Waals surface area contributed by atoms with Gasteiger partial charge in [-0.05, 0) is 54.6 Å². The fraction of sp³-hybridized carbons (Fsp3) is 0.130. The molecule has 3 aromatic rings. The zero-order valence-electron chi connectivity index (χ0n) is 17.4. The summed E-state index contributed by atoms with van der Waals surface area (Å²) < 4.78 is 33.9. The van der Waals surface area contributed by atoms with Crippen LogP contribution in [-0.4, -0.2) is 20.2 Å². The molecule has 3 N–H and O–H groups in total. The number of para-hydroxylation sites is 2. The van der Waals surface area contributed by atoms with E-state index in [0.717, 1.165) is 0 Å². The van der Waals surface area contributed by atoms with Crippen LogP contribution in [0.25, 0.3) is 0 Å². The van der Waals surface area contributed by atoms with Gasteiger partial charge in [-0.15, -0.1) is 0 Å². The molecule has 1 aliphatic heterocycles. The van der Waals surface area contributed by atoms with E-state index in [1.165, 1.54) is 36.4 Å². The average Bonchev–Trinajstić information content (AvgIpc) is 2.89. The van der Waals surface area contributed by atoms with E-state index >= 15 is 0 Å². The summed E-state index contributed by atoms with van der Waals surface area (Å²) in [6, 6.07) is 17.3. The highest BCUT2D eigenvalue weighted by Crippen LogP contribution is 2.36. The quantitative estimate of drug-likeness (QED) is 0.531. The topological polar surface area (TPSA) is 114 Å². The number of rotatable bonds is 5. The van der Waals surface area contributed by atoms with Gasteiger partial charge in [0.05, 0.1) is 16.1 Å². The smallest absolute Gasteiger partial charge is 0.261 e. The largest absolute Gasteiger partial charge is 0.454 e.